The molecule has 5 heteroatoms. The Balaban J connectivity index is 0.000000980. The number of hydrogen-bond donors (Lipinski definition) is 3. The molecule has 14 heavy (non-hydrogen) atoms. The van der Waals surface area contributed by atoms with E-state index in [1.807, 2.05) is 6.92 Å². The summed E-state index contributed by atoms with van der Waals surface area (Å²) in [6.07, 6.45) is 2.27. The van der Waals surface area contributed by atoms with E-state index in [1.165, 1.54) is 6.42 Å². The normalized spacial score (nSPS) is 35.4. The summed E-state index contributed by atoms with van der Waals surface area (Å²) in [4.78, 5) is 11.6. The van der Waals surface area contributed by atoms with Crippen LogP contribution in [0.25, 0.3) is 0 Å². The molecule has 0 bridgehead atoms. The summed E-state index contributed by atoms with van der Waals surface area (Å²) in [6, 6.07) is 0.757. The molecule has 1 aliphatic carbocycles. The number of carbonyl (C=O) groups is 1. The number of hydrogen-bond acceptors (Lipinski definition) is 3. The van der Waals surface area contributed by atoms with Crippen LogP contribution in [0.1, 0.15) is 19.8 Å². The number of halogens is 1. The minimum Gasteiger partial charge on any atom is -0.351 e. The monoisotopic (exact) mass is 219 g/mol. The van der Waals surface area contributed by atoms with Crippen molar-refractivity contribution in [2.24, 2.45) is 11.7 Å². The molecule has 4 atom stereocenters. The zero-order chi connectivity index (χ0) is 9.42. The van der Waals surface area contributed by atoms with Crippen molar-refractivity contribution in [2.45, 2.75) is 37.9 Å². The molecular weight excluding hydrogens is 202 g/mol. The van der Waals surface area contributed by atoms with Crippen LogP contribution in [-0.4, -0.2) is 30.6 Å². The van der Waals surface area contributed by atoms with Gasteiger partial charge in [-0.1, -0.05) is 0 Å². The molecule has 82 valence electrons. The van der Waals surface area contributed by atoms with Gasteiger partial charge in [-0.05, 0) is 25.7 Å². The van der Waals surface area contributed by atoms with Gasteiger partial charge < -0.3 is 16.4 Å². The fourth-order valence-corrected chi connectivity index (χ4v) is 1.93. The van der Waals surface area contributed by atoms with E-state index in [0.29, 0.717) is 12.6 Å². The molecule has 4 nitrogen and oxygen atoms in total. The molecular formula is C9H18ClN3O. The van der Waals surface area contributed by atoms with Gasteiger partial charge in [0.2, 0.25) is 5.91 Å². The van der Waals surface area contributed by atoms with Crippen molar-refractivity contribution in [3.05, 3.63) is 0 Å². The molecule has 4 N–H and O–H groups in total. The second kappa shape index (κ2) is 4.47. The molecule has 1 saturated heterocycles. The number of piperidine rings is 1. The quantitative estimate of drug-likeness (QED) is 0.607. The lowest BCUT2D eigenvalue weighted by atomic mass is 10.1. The third-order valence-corrected chi connectivity index (χ3v) is 2.94. The summed E-state index contributed by atoms with van der Waals surface area (Å²) in [6.45, 7) is 2.43. The summed E-state index contributed by atoms with van der Waals surface area (Å²) in [5.41, 5.74) is 5.42. The molecule has 2 fully saturated rings. The summed E-state index contributed by atoms with van der Waals surface area (Å²) < 4.78 is 0. The number of nitrogens with two attached hydrogens (primary N) is 1. The average Bonchev–Trinajstić information content (AvgIpc) is 2.73. The minimum atomic E-state index is 0. The Bertz CT molecular complexity index is 214. The highest BCUT2D eigenvalue weighted by Crippen LogP contribution is 2.40. The summed E-state index contributed by atoms with van der Waals surface area (Å²) in [5.74, 6) is 0.883. The zero-order valence-electron chi connectivity index (χ0n) is 8.32. The molecule has 0 radical (unpaired) electrons. The predicted molar refractivity (Wildman–Crippen MR) is 57.3 cm³/mol. The molecule has 2 rings (SSSR count). The van der Waals surface area contributed by atoms with Gasteiger partial charge in [0.25, 0.3) is 0 Å². The first-order chi connectivity index (χ1) is 6.20. The summed E-state index contributed by atoms with van der Waals surface area (Å²) in [5, 5.41) is 6.19. The van der Waals surface area contributed by atoms with Crippen molar-refractivity contribution >= 4 is 18.3 Å². The van der Waals surface area contributed by atoms with E-state index in [4.69, 9.17) is 5.73 Å². The molecule has 2 aliphatic rings. The Morgan fingerprint density at radius 3 is 2.86 bits per heavy atom. The van der Waals surface area contributed by atoms with Crippen molar-refractivity contribution in [1.82, 2.24) is 10.6 Å². The Kier molecular flexibility index (Phi) is 3.75. The van der Waals surface area contributed by atoms with Gasteiger partial charge in [0.15, 0.2) is 0 Å². The van der Waals surface area contributed by atoms with Crippen molar-refractivity contribution in [1.29, 1.82) is 0 Å². The van der Waals surface area contributed by atoms with Gasteiger partial charge in [-0.15, -0.1) is 12.4 Å². The molecule has 1 saturated carbocycles. The molecule has 0 aromatic heterocycles. The van der Waals surface area contributed by atoms with Crippen LogP contribution < -0.4 is 16.4 Å². The maximum Gasteiger partial charge on any atom is 0.237 e. The molecule has 1 heterocycles. The molecule has 0 aromatic carbocycles. The second-order valence-corrected chi connectivity index (χ2v) is 4.20. The van der Waals surface area contributed by atoms with Crippen LogP contribution in [0.4, 0.5) is 0 Å². The fourth-order valence-electron chi connectivity index (χ4n) is 1.93. The lowest BCUT2D eigenvalue weighted by molar-refractivity contribution is -0.123. The first-order valence-electron chi connectivity index (χ1n) is 4.97. The van der Waals surface area contributed by atoms with Gasteiger partial charge in [0.1, 0.15) is 0 Å². The third kappa shape index (κ3) is 2.38. The summed E-state index contributed by atoms with van der Waals surface area (Å²) in [7, 11) is 0. The van der Waals surface area contributed by atoms with Crippen molar-refractivity contribution in [3.8, 4) is 0 Å². The van der Waals surface area contributed by atoms with Crippen LogP contribution in [0.2, 0.25) is 0 Å². The number of amides is 1. The minimum absolute atomic E-state index is 0. The predicted octanol–water partition coefficient (Wildman–Crippen LogP) is -0.378. The van der Waals surface area contributed by atoms with Gasteiger partial charge in [0, 0.05) is 18.6 Å². The van der Waals surface area contributed by atoms with Crippen molar-refractivity contribution in [2.75, 3.05) is 6.54 Å². The zero-order valence-corrected chi connectivity index (χ0v) is 9.14. The van der Waals surface area contributed by atoms with Gasteiger partial charge in [0.05, 0.1) is 6.04 Å². The SMILES string of the molecule is C[C@H](CN)NC(=O)[C@@H]1C[C@H]2C[C@H]2N1.Cl. The number of carbonyl (C=O) groups excluding carboxylic acids is 1. The first kappa shape index (κ1) is 11.8. The fraction of sp³-hybridized carbons (Fsp3) is 0.889. The maximum atomic E-state index is 11.6. The van der Waals surface area contributed by atoms with Crippen LogP contribution in [0.3, 0.4) is 0 Å². The van der Waals surface area contributed by atoms with E-state index < -0.39 is 0 Å². The van der Waals surface area contributed by atoms with Crippen LogP contribution in [0.5, 0.6) is 0 Å². The van der Waals surface area contributed by atoms with Gasteiger partial charge in [-0.2, -0.15) is 0 Å². The highest BCUT2D eigenvalue weighted by molar-refractivity contribution is 5.85. The molecule has 0 spiro atoms. The highest BCUT2D eigenvalue weighted by Gasteiger charge is 2.47. The van der Waals surface area contributed by atoms with Crippen LogP contribution >= 0.6 is 12.4 Å². The Morgan fingerprint density at radius 2 is 2.36 bits per heavy atom. The van der Waals surface area contributed by atoms with E-state index >= 15 is 0 Å². The van der Waals surface area contributed by atoms with Gasteiger partial charge >= 0.3 is 0 Å². The van der Waals surface area contributed by atoms with E-state index in [1.54, 1.807) is 0 Å². The molecule has 1 aliphatic heterocycles. The standard InChI is InChI=1S/C9H17N3O.ClH/c1-5(4-10)11-9(13)8-3-6-2-7(6)12-8;/h5-8,12H,2-4,10H2,1H3,(H,11,13);1H/t5-,6-,7-,8+;/m1./s1. The molecule has 1 amide bonds. The number of rotatable bonds is 3. The summed E-state index contributed by atoms with van der Waals surface area (Å²) >= 11 is 0. The maximum absolute atomic E-state index is 11.6. The second-order valence-electron chi connectivity index (χ2n) is 4.20. The number of nitrogens with one attached hydrogen (secondary N) is 2. The van der Waals surface area contributed by atoms with Crippen LogP contribution in [0.15, 0.2) is 0 Å². The Morgan fingerprint density at radius 1 is 1.64 bits per heavy atom. The van der Waals surface area contributed by atoms with Crippen LogP contribution in [-0.2, 0) is 4.79 Å². The van der Waals surface area contributed by atoms with E-state index in [2.05, 4.69) is 10.6 Å². The first-order valence-corrected chi connectivity index (χ1v) is 4.97. The van der Waals surface area contributed by atoms with Gasteiger partial charge in [-0.3, -0.25) is 4.79 Å². The number of fused-ring (bicyclic) bond motifs is 1. The lowest BCUT2D eigenvalue weighted by Crippen LogP contribution is -2.47. The molecule has 0 unspecified atom stereocenters. The Labute approximate surface area is 90.4 Å². The van der Waals surface area contributed by atoms with Crippen molar-refractivity contribution < 1.29 is 4.79 Å². The smallest absolute Gasteiger partial charge is 0.237 e. The topological polar surface area (TPSA) is 67.1 Å². The van der Waals surface area contributed by atoms with Crippen molar-refractivity contribution in [3.63, 3.8) is 0 Å². The average molecular weight is 220 g/mol. The molecule has 0 aromatic rings. The van der Waals surface area contributed by atoms with Crippen LogP contribution in [0, 0.1) is 5.92 Å². The van der Waals surface area contributed by atoms with E-state index in [-0.39, 0.29) is 30.4 Å². The largest absolute Gasteiger partial charge is 0.351 e. The van der Waals surface area contributed by atoms with Gasteiger partial charge in [-0.25, -0.2) is 0 Å². The van der Waals surface area contributed by atoms with E-state index in [0.717, 1.165) is 12.3 Å². The highest BCUT2D eigenvalue weighted by atomic mass is 35.5. The Hall–Kier alpha value is -0.320. The lowest BCUT2D eigenvalue weighted by Gasteiger charge is -2.16. The van der Waals surface area contributed by atoms with E-state index in [9.17, 15) is 4.79 Å². The third-order valence-electron chi connectivity index (χ3n) is 2.94.